The number of ether oxygens (including phenoxy) is 1. The van der Waals surface area contributed by atoms with E-state index in [1.165, 1.54) is 9.80 Å². The fourth-order valence-electron chi connectivity index (χ4n) is 4.27. The highest BCUT2D eigenvalue weighted by molar-refractivity contribution is 6.15. The van der Waals surface area contributed by atoms with Gasteiger partial charge in [-0.2, -0.15) is 0 Å². The van der Waals surface area contributed by atoms with E-state index in [0.29, 0.717) is 17.8 Å². The summed E-state index contributed by atoms with van der Waals surface area (Å²) in [5, 5.41) is 2.72. The van der Waals surface area contributed by atoms with Gasteiger partial charge in [0.05, 0.1) is 11.3 Å². The van der Waals surface area contributed by atoms with Crippen LogP contribution in [0.2, 0.25) is 0 Å². The Balaban J connectivity index is 1.86. The van der Waals surface area contributed by atoms with Crippen molar-refractivity contribution < 1.29 is 23.9 Å². The Kier molecular flexibility index (Phi) is 6.43. The molecule has 0 aromatic heterocycles. The number of carbonyl (C=O) groups is 4. The Labute approximate surface area is 176 Å². The minimum absolute atomic E-state index is 0.114. The normalized spacial score (nSPS) is 20.3. The smallest absolute Gasteiger partial charge is 0.354 e. The summed E-state index contributed by atoms with van der Waals surface area (Å²) in [6.07, 6.45) is 3.14. The topological polar surface area (TPSA) is 96.0 Å². The van der Waals surface area contributed by atoms with Crippen LogP contribution in [0.15, 0.2) is 24.3 Å². The van der Waals surface area contributed by atoms with Crippen LogP contribution in [-0.2, 0) is 19.1 Å². The van der Waals surface area contributed by atoms with Gasteiger partial charge in [-0.15, -0.1) is 0 Å². The summed E-state index contributed by atoms with van der Waals surface area (Å²) in [4.78, 5) is 54.2. The number of anilines is 1. The van der Waals surface area contributed by atoms with Crippen molar-refractivity contribution in [1.82, 2.24) is 10.2 Å². The van der Waals surface area contributed by atoms with E-state index in [9.17, 15) is 19.2 Å². The van der Waals surface area contributed by atoms with E-state index in [1.807, 2.05) is 0 Å². The molecule has 0 radical (unpaired) electrons. The number of esters is 1. The predicted molar refractivity (Wildman–Crippen MR) is 111 cm³/mol. The molecule has 2 heterocycles. The summed E-state index contributed by atoms with van der Waals surface area (Å²) in [6.45, 7) is 5.73. The van der Waals surface area contributed by atoms with Crippen molar-refractivity contribution in [3.63, 3.8) is 0 Å². The van der Waals surface area contributed by atoms with Crippen LogP contribution in [0.1, 0.15) is 63.2 Å². The number of carbonyl (C=O) groups excluding carboxylic acids is 4. The summed E-state index contributed by atoms with van der Waals surface area (Å²) in [5.41, 5.74) is -0.791. The Hall–Kier alpha value is -2.90. The zero-order valence-corrected chi connectivity index (χ0v) is 17.8. The molecule has 0 spiro atoms. The number of benzene rings is 1. The molecule has 0 aliphatic carbocycles. The molecule has 8 nitrogen and oxygen atoms in total. The van der Waals surface area contributed by atoms with Crippen LogP contribution in [-0.4, -0.2) is 53.4 Å². The molecule has 1 aromatic carbocycles. The minimum Gasteiger partial charge on any atom is -0.452 e. The second-order valence-corrected chi connectivity index (χ2v) is 7.97. The van der Waals surface area contributed by atoms with Crippen molar-refractivity contribution in [3.8, 4) is 0 Å². The van der Waals surface area contributed by atoms with E-state index in [-0.39, 0.29) is 30.7 Å². The van der Waals surface area contributed by atoms with Gasteiger partial charge in [0, 0.05) is 25.4 Å². The molecule has 8 heteroatoms. The van der Waals surface area contributed by atoms with Crippen molar-refractivity contribution in [2.45, 2.75) is 64.6 Å². The summed E-state index contributed by atoms with van der Waals surface area (Å²) in [5.74, 6) is -1.73. The maximum absolute atomic E-state index is 13.3. The number of amides is 3. The number of fused-ring (bicyclic) bond motifs is 3. The molecule has 1 N–H and O–H groups in total. The molecule has 2 aliphatic rings. The molecule has 0 bridgehead atoms. The molecule has 3 rings (SSSR count). The molecule has 2 aliphatic heterocycles. The molecular formula is C22H29N3O5. The van der Waals surface area contributed by atoms with Gasteiger partial charge in [0.1, 0.15) is 0 Å². The second-order valence-electron chi connectivity index (χ2n) is 7.97. The molecule has 1 fully saturated rings. The molecule has 0 saturated carbocycles. The van der Waals surface area contributed by atoms with Gasteiger partial charge < -0.3 is 15.0 Å². The highest BCUT2D eigenvalue weighted by Gasteiger charge is 2.62. The lowest BCUT2D eigenvalue weighted by molar-refractivity contribution is -0.161. The van der Waals surface area contributed by atoms with Crippen LogP contribution in [0.4, 0.5) is 5.69 Å². The van der Waals surface area contributed by atoms with Crippen LogP contribution in [0.25, 0.3) is 0 Å². The Bertz CT molecular complexity index is 853. The number of nitrogens with one attached hydrogen (secondary N) is 1. The third-order valence-corrected chi connectivity index (χ3v) is 5.58. The molecule has 0 unspecified atom stereocenters. The molecule has 1 saturated heterocycles. The summed E-state index contributed by atoms with van der Waals surface area (Å²) < 4.78 is 5.36. The van der Waals surface area contributed by atoms with Crippen molar-refractivity contribution in [1.29, 1.82) is 0 Å². The first-order valence-electron chi connectivity index (χ1n) is 10.5. The average Bonchev–Trinajstić information content (AvgIpc) is 3.07. The molecule has 3 amide bonds. The molecule has 1 aromatic rings. The monoisotopic (exact) mass is 415 g/mol. The van der Waals surface area contributed by atoms with Crippen molar-refractivity contribution >= 4 is 29.4 Å². The Morgan fingerprint density at radius 3 is 2.63 bits per heavy atom. The minimum atomic E-state index is -1.57. The van der Waals surface area contributed by atoms with Gasteiger partial charge in [0.15, 0.2) is 6.61 Å². The van der Waals surface area contributed by atoms with Gasteiger partial charge >= 0.3 is 5.97 Å². The first-order chi connectivity index (χ1) is 14.3. The number of hydrogen-bond donors (Lipinski definition) is 1. The molecular weight excluding hydrogens is 386 g/mol. The average molecular weight is 415 g/mol. The van der Waals surface area contributed by atoms with Crippen LogP contribution in [0.3, 0.4) is 0 Å². The van der Waals surface area contributed by atoms with Crippen molar-refractivity contribution in [2.24, 2.45) is 0 Å². The lowest BCUT2D eigenvalue weighted by Crippen LogP contribution is -2.70. The Morgan fingerprint density at radius 1 is 1.20 bits per heavy atom. The number of nitrogens with zero attached hydrogens (tertiary/aromatic N) is 2. The Morgan fingerprint density at radius 2 is 1.93 bits per heavy atom. The van der Waals surface area contributed by atoms with Gasteiger partial charge in [0.2, 0.25) is 11.6 Å². The van der Waals surface area contributed by atoms with Crippen LogP contribution in [0, 0.1) is 0 Å². The van der Waals surface area contributed by atoms with Crippen LogP contribution < -0.4 is 10.2 Å². The van der Waals surface area contributed by atoms with E-state index >= 15 is 0 Å². The van der Waals surface area contributed by atoms with Crippen molar-refractivity contribution in [2.75, 3.05) is 18.1 Å². The molecule has 30 heavy (non-hydrogen) atoms. The van der Waals surface area contributed by atoms with Gasteiger partial charge in [0.25, 0.3) is 11.8 Å². The summed E-state index contributed by atoms with van der Waals surface area (Å²) in [7, 11) is 0. The quantitative estimate of drug-likeness (QED) is 0.519. The van der Waals surface area contributed by atoms with Gasteiger partial charge in [-0.05, 0) is 32.4 Å². The maximum atomic E-state index is 13.3. The number of unbranched alkanes of at least 4 members (excludes halogenated alkanes) is 2. The predicted octanol–water partition coefficient (Wildman–Crippen LogP) is 2.22. The van der Waals surface area contributed by atoms with E-state index < -0.39 is 24.1 Å². The number of rotatable bonds is 8. The molecule has 162 valence electrons. The third-order valence-electron chi connectivity index (χ3n) is 5.58. The standard InChI is InChI=1S/C22H29N3O5/c1-4-5-8-13-23-18(26)14-30-21(29)22-12-11-19(27)25(22)17-10-7-6-9-16(17)20(28)24(22)15(2)3/h6-7,9-10,15H,4-5,8,11-14H2,1-3H3,(H,23,26)/t22-/m1/s1. The van der Waals surface area contributed by atoms with E-state index in [4.69, 9.17) is 4.74 Å². The first kappa shape index (κ1) is 21.8. The van der Waals surface area contributed by atoms with E-state index in [2.05, 4.69) is 12.2 Å². The van der Waals surface area contributed by atoms with Crippen LogP contribution >= 0.6 is 0 Å². The lowest BCUT2D eigenvalue weighted by atomic mass is 9.95. The SMILES string of the molecule is CCCCCNC(=O)COC(=O)[C@@]12CCC(=O)N1c1ccccc1C(=O)N2C(C)C. The van der Waals surface area contributed by atoms with Crippen molar-refractivity contribution in [3.05, 3.63) is 29.8 Å². The van der Waals surface area contributed by atoms with Gasteiger partial charge in [-0.3, -0.25) is 19.3 Å². The number of para-hydroxylation sites is 1. The van der Waals surface area contributed by atoms with Crippen LogP contribution in [0.5, 0.6) is 0 Å². The van der Waals surface area contributed by atoms with Gasteiger partial charge in [-0.25, -0.2) is 4.79 Å². The third kappa shape index (κ3) is 3.66. The number of hydrogen-bond acceptors (Lipinski definition) is 5. The molecule has 1 atom stereocenters. The fraction of sp³-hybridized carbons (Fsp3) is 0.545. The lowest BCUT2D eigenvalue weighted by Gasteiger charge is -2.50. The maximum Gasteiger partial charge on any atom is 0.354 e. The highest BCUT2D eigenvalue weighted by Crippen LogP contribution is 2.45. The fourth-order valence-corrected chi connectivity index (χ4v) is 4.27. The van der Waals surface area contributed by atoms with E-state index in [0.717, 1.165) is 19.3 Å². The van der Waals surface area contributed by atoms with Gasteiger partial charge in [-0.1, -0.05) is 31.9 Å². The zero-order valence-electron chi connectivity index (χ0n) is 17.8. The summed E-state index contributed by atoms with van der Waals surface area (Å²) >= 11 is 0. The summed E-state index contributed by atoms with van der Waals surface area (Å²) in [6, 6.07) is 6.41. The largest absolute Gasteiger partial charge is 0.452 e. The van der Waals surface area contributed by atoms with E-state index in [1.54, 1.807) is 38.1 Å². The second kappa shape index (κ2) is 8.85. The first-order valence-corrected chi connectivity index (χ1v) is 10.5. The zero-order chi connectivity index (χ0) is 21.9. The highest BCUT2D eigenvalue weighted by atomic mass is 16.5.